The molecule has 1 saturated heterocycles. The number of hydrogen-bond acceptors (Lipinski definition) is 4. The second-order valence-electron chi connectivity index (χ2n) is 3.49. The first-order valence-electron chi connectivity index (χ1n) is 4.77. The molecule has 16 heavy (non-hydrogen) atoms. The van der Waals surface area contributed by atoms with E-state index in [1.807, 2.05) is 6.07 Å². The van der Waals surface area contributed by atoms with Gasteiger partial charge in [0.25, 0.3) is 0 Å². The van der Waals surface area contributed by atoms with E-state index in [2.05, 4.69) is 5.32 Å². The van der Waals surface area contributed by atoms with Gasteiger partial charge in [0.1, 0.15) is 0 Å². The highest BCUT2D eigenvalue weighted by atomic mass is 16.2. The van der Waals surface area contributed by atoms with Gasteiger partial charge < -0.3 is 4.90 Å². The van der Waals surface area contributed by atoms with Crippen LogP contribution in [0.25, 0.3) is 0 Å². The average molecular weight is 215 g/mol. The summed E-state index contributed by atoms with van der Waals surface area (Å²) in [4.78, 5) is 24.0. The second kappa shape index (κ2) is 4.03. The van der Waals surface area contributed by atoms with Gasteiger partial charge in [0, 0.05) is 5.69 Å². The highest BCUT2D eigenvalue weighted by molar-refractivity contribution is 6.02. The quantitative estimate of drug-likeness (QED) is 0.670. The third-order valence-electron chi connectivity index (χ3n) is 2.29. The molecule has 0 spiro atoms. The third kappa shape index (κ3) is 2.01. The molecule has 2 amide bonds. The Morgan fingerprint density at radius 3 is 2.56 bits per heavy atom. The van der Waals surface area contributed by atoms with Crippen LogP contribution in [0, 0.1) is 11.3 Å². The van der Waals surface area contributed by atoms with Crippen molar-refractivity contribution in [1.29, 1.82) is 5.26 Å². The SMILES string of the molecule is N#Cc1cccc(N2CC(=O)NC(=O)C2)c1. The van der Waals surface area contributed by atoms with Gasteiger partial charge in [0.15, 0.2) is 0 Å². The van der Waals surface area contributed by atoms with Crippen LogP contribution in [0.1, 0.15) is 5.56 Å². The molecule has 0 radical (unpaired) electrons. The summed E-state index contributed by atoms with van der Waals surface area (Å²) < 4.78 is 0. The fraction of sp³-hybridized carbons (Fsp3) is 0.182. The summed E-state index contributed by atoms with van der Waals surface area (Å²) in [6, 6.07) is 8.85. The highest BCUT2D eigenvalue weighted by Gasteiger charge is 2.22. The fourth-order valence-electron chi connectivity index (χ4n) is 1.59. The number of nitriles is 1. The molecular formula is C11H9N3O2. The van der Waals surface area contributed by atoms with E-state index in [1.54, 1.807) is 29.2 Å². The normalized spacial score (nSPS) is 15.6. The van der Waals surface area contributed by atoms with Crippen molar-refractivity contribution in [2.75, 3.05) is 18.0 Å². The molecular weight excluding hydrogens is 206 g/mol. The number of anilines is 1. The van der Waals surface area contributed by atoms with E-state index in [1.165, 1.54) is 0 Å². The largest absolute Gasteiger partial charge is 0.353 e. The van der Waals surface area contributed by atoms with Crippen molar-refractivity contribution < 1.29 is 9.59 Å². The van der Waals surface area contributed by atoms with E-state index < -0.39 is 0 Å². The van der Waals surface area contributed by atoms with Crippen LogP contribution < -0.4 is 10.2 Å². The monoisotopic (exact) mass is 215 g/mol. The molecule has 0 atom stereocenters. The number of nitrogens with zero attached hydrogens (tertiary/aromatic N) is 2. The minimum absolute atomic E-state index is 0.140. The Hall–Kier alpha value is -2.35. The Kier molecular flexibility index (Phi) is 2.56. The average Bonchev–Trinajstić information content (AvgIpc) is 2.28. The summed E-state index contributed by atoms with van der Waals surface area (Å²) in [5.41, 5.74) is 1.22. The predicted molar refractivity (Wildman–Crippen MR) is 56.5 cm³/mol. The summed E-state index contributed by atoms with van der Waals surface area (Å²) in [6.45, 7) is 0.279. The highest BCUT2D eigenvalue weighted by Crippen LogP contribution is 2.16. The number of carbonyl (C=O) groups excluding carboxylic acids is 2. The topological polar surface area (TPSA) is 73.2 Å². The second-order valence-corrected chi connectivity index (χ2v) is 3.49. The molecule has 5 nitrogen and oxygen atoms in total. The third-order valence-corrected chi connectivity index (χ3v) is 2.29. The minimum Gasteiger partial charge on any atom is -0.353 e. The van der Waals surface area contributed by atoms with E-state index in [-0.39, 0.29) is 24.9 Å². The van der Waals surface area contributed by atoms with E-state index in [0.717, 1.165) is 0 Å². The molecule has 1 aromatic carbocycles. The molecule has 1 N–H and O–H groups in total. The molecule has 0 aromatic heterocycles. The maximum absolute atomic E-state index is 11.2. The van der Waals surface area contributed by atoms with Gasteiger partial charge in [-0.15, -0.1) is 0 Å². The summed E-state index contributed by atoms with van der Waals surface area (Å²) >= 11 is 0. The van der Waals surface area contributed by atoms with Crippen molar-refractivity contribution in [3.8, 4) is 6.07 Å². The first-order valence-corrected chi connectivity index (χ1v) is 4.77. The van der Waals surface area contributed by atoms with Crippen molar-refractivity contribution in [2.24, 2.45) is 0 Å². The van der Waals surface area contributed by atoms with Crippen molar-refractivity contribution in [3.05, 3.63) is 29.8 Å². The molecule has 1 aliphatic rings. The Morgan fingerprint density at radius 1 is 1.25 bits per heavy atom. The van der Waals surface area contributed by atoms with Gasteiger partial charge in [0.05, 0.1) is 24.7 Å². The maximum Gasteiger partial charge on any atom is 0.246 e. The molecule has 0 unspecified atom stereocenters. The number of rotatable bonds is 1. The number of piperazine rings is 1. The van der Waals surface area contributed by atoms with Crippen LogP contribution in [-0.4, -0.2) is 24.9 Å². The van der Waals surface area contributed by atoms with Crippen LogP contribution in [0.2, 0.25) is 0 Å². The standard InChI is InChI=1S/C11H9N3O2/c12-5-8-2-1-3-9(4-8)14-6-10(15)13-11(16)7-14/h1-4H,6-7H2,(H,13,15,16). The fourth-order valence-corrected chi connectivity index (χ4v) is 1.59. The Bertz CT molecular complexity index is 474. The summed E-state index contributed by atoms with van der Waals surface area (Å²) in [6.07, 6.45) is 0. The van der Waals surface area contributed by atoms with E-state index in [9.17, 15) is 9.59 Å². The van der Waals surface area contributed by atoms with Gasteiger partial charge in [-0.3, -0.25) is 14.9 Å². The van der Waals surface area contributed by atoms with Crippen molar-refractivity contribution >= 4 is 17.5 Å². The lowest BCUT2D eigenvalue weighted by Gasteiger charge is -2.27. The molecule has 0 aliphatic carbocycles. The molecule has 80 valence electrons. The zero-order valence-corrected chi connectivity index (χ0v) is 8.43. The zero-order chi connectivity index (χ0) is 11.5. The molecule has 5 heteroatoms. The summed E-state index contributed by atoms with van der Waals surface area (Å²) in [5, 5.41) is 11.0. The van der Waals surface area contributed by atoms with Crippen molar-refractivity contribution in [3.63, 3.8) is 0 Å². The molecule has 2 rings (SSSR count). The van der Waals surface area contributed by atoms with Gasteiger partial charge in [-0.2, -0.15) is 5.26 Å². The molecule has 0 saturated carbocycles. The van der Waals surface area contributed by atoms with Gasteiger partial charge in [-0.1, -0.05) is 6.07 Å². The van der Waals surface area contributed by atoms with Crippen molar-refractivity contribution in [2.45, 2.75) is 0 Å². The lowest BCUT2D eigenvalue weighted by molar-refractivity contribution is -0.130. The maximum atomic E-state index is 11.2. The van der Waals surface area contributed by atoms with Crippen LogP contribution in [0.15, 0.2) is 24.3 Å². The number of carbonyl (C=O) groups is 2. The van der Waals surface area contributed by atoms with Crippen molar-refractivity contribution in [1.82, 2.24) is 5.32 Å². The lowest BCUT2D eigenvalue weighted by Crippen LogP contribution is -2.51. The Balaban J connectivity index is 2.26. The van der Waals surface area contributed by atoms with E-state index >= 15 is 0 Å². The van der Waals surface area contributed by atoms with Gasteiger partial charge in [-0.05, 0) is 18.2 Å². The van der Waals surface area contributed by atoms with E-state index in [0.29, 0.717) is 11.3 Å². The molecule has 1 fully saturated rings. The summed E-state index contributed by atoms with van der Waals surface area (Å²) in [5.74, 6) is -0.641. The zero-order valence-electron chi connectivity index (χ0n) is 8.43. The Labute approximate surface area is 92.3 Å². The van der Waals surface area contributed by atoms with E-state index in [4.69, 9.17) is 5.26 Å². The minimum atomic E-state index is -0.321. The number of hydrogen-bond donors (Lipinski definition) is 1. The number of nitrogens with one attached hydrogen (secondary N) is 1. The molecule has 1 aromatic rings. The van der Waals surface area contributed by atoms with Crippen LogP contribution in [0.3, 0.4) is 0 Å². The summed E-state index contributed by atoms with van der Waals surface area (Å²) in [7, 11) is 0. The Morgan fingerprint density at radius 2 is 1.94 bits per heavy atom. The van der Waals surface area contributed by atoms with Crippen LogP contribution in [-0.2, 0) is 9.59 Å². The number of amides is 2. The molecule has 1 aliphatic heterocycles. The predicted octanol–water partition coefficient (Wildman–Crippen LogP) is 0.0211. The number of imide groups is 1. The lowest BCUT2D eigenvalue weighted by atomic mass is 10.2. The smallest absolute Gasteiger partial charge is 0.246 e. The number of benzene rings is 1. The first-order chi connectivity index (χ1) is 7.69. The first kappa shape index (κ1) is 10.2. The van der Waals surface area contributed by atoms with Gasteiger partial charge >= 0.3 is 0 Å². The van der Waals surface area contributed by atoms with Crippen LogP contribution in [0.5, 0.6) is 0 Å². The molecule has 0 bridgehead atoms. The molecule has 1 heterocycles. The van der Waals surface area contributed by atoms with Crippen LogP contribution >= 0.6 is 0 Å². The van der Waals surface area contributed by atoms with Gasteiger partial charge in [0.2, 0.25) is 11.8 Å². The van der Waals surface area contributed by atoms with Gasteiger partial charge in [-0.25, -0.2) is 0 Å². The van der Waals surface area contributed by atoms with Crippen LogP contribution in [0.4, 0.5) is 5.69 Å².